The van der Waals surface area contributed by atoms with Crippen LogP contribution < -0.4 is 10.6 Å². The normalized spacial score (nSPS) is 10.2. The first-order valence-electron chi connectivity index (χ1n) is 5.29. The molecular weight excluding hydrogens is 216 g/mol. The van der Waals surface area contributed by atoms with Crippen LogP contribution in [0.5, 0.6) is 5.75 Å². The van der Waals surface area contributed by atoms with E-state index in [1.807, 2.05) is 42.5 Å². The van der Waals surface area contributed by atoms with E-state index < -0.39 is 0 Å². The summed E-state index contributed by atoms with van der Waals surface area (Å²) >= 11 is 0. The Hall–Kier alpha value is -2.07. The van der Waals surface area contributed by atoms with Crippen molar-refractivity contribution in [3.8, 4) is 5.75 Å². The van der Waals surface area contributed by atoms with Gasteiger partial charge in [0.25, 0.3) is 5.91 Å². The Morgan fingerprint density at radius 1 is 1.24 bits per heavy atom. The van der Waals surface area contributed by atoms with Crippen molar-refractivity contribution in [1.82, 2.24) is 5.01 Å². The van der Waals surface area contributed by atoms with Crippen LogP contribution >= 0.6 is 0 Å². The summed E-state index contributed by atoms with van der Waals surface area (Å²) in [5.74, 6) is 5.69. The smallest absolute Gasteiger partial charge is 0.274 e. The number of carbonyl (C=O) groups is 1. The number of rotatable bonds is 3. The van der Waals surface area contributed by atoms with Crippen LogP contribution in [-0.2, 0) is 4.79 Å². The van der Waals surface area contributed by atoms with E-state index in [4.69, 9.17) is 10.6 Å². The van der Waals surface area contributed by atoms with Crippen molar-refractivity contribution in [2.45, 2.75) is 0 Å². The second kappa shape index (κ2) is 4.84. The maximum Gasteiger partial charge on any atom is 0.274 e. The lowest BCUT2D eigenvalue weighted by Crippen LogP contribution is -2.36. The van der Waals surface area contributed by atoms with E-state index in [1.54, 1.807) is 0 Å². The molecule has 0 saturated carbocycles. The van der Waals surface area contributed by atoms with Gasteiger partial charge in [-0.3, -0.25) is 9.80 Å². The molecule has 0 aromatic heterocycles. The number of hydrogen-bond acceptors (Lipinski definition) is 3. The summed E-state index contributed by atoms with van der Waals surface area (Å²) in [6.07, 6.45) is 0. The van der Waals surface area contributed by atoms with Crippen LogP contribution in [0.3, 0.4) is 0 Å². The zero-order valence-electron chi connectivity index (χ0n) is 9.59. The van der Waals surface area contributed by atoms with Crippen molar-refractivity contribution >= 4 is 16.7 Å². The first kappa shape index (κ1) is 11.4. The Morgan fingerprint density at radius 3 is 2.65 bits per heavy atom. The first-order chi connectivity index (χ1) is 8.16. The minimum Gasteiger partial charge on any atom is -0.484 e. The largest absolute Gasteiger partial charge is 0.484 e. The van der Waals surface area contributed by atoms with E-state index in [2.05, 4.69) is 0 Å². The SMILES string of the molecule is CN(N)C(=O)COc1ccc2ccccc2c1. The van der Waals surface area contributed by atoms with E-state index >= 15 is 0 Å². The molecule has 0 fully saturated rings. The zero-order chi connectivity index (χ0) is 12.3. The van der Waals surface area contributed by atoms with Crippen molar-refractivity contribution in [3.63, 3.8) is 0 Å². The summed E-state index contributed by atoms with van der Waals surface area (Å²) in [7, 11) is 1.49. The summed E-state index contributed by atoms with van der Waals surface area (Å²) in [4.78, 5) is 11.3. The molecule has 0 aliphatic carbocycles. The third-order valence-corrected chi connectivity index (χ3v) is 2.48. The summed E-state index contributed by atoms with van der Waals surface area (Å²) in [6.45, 7) is -0.0503. The van der Waals surface area contributed by atoms with Crippen LogP contribution in [0.2, 0.25) is 0 Å². The molecule has 0 bridgehead atoms. The average molecular weight is 230 g/mol. The summed E-state index contributed by atoms with van der Waals surface area (Å²) in [6, 6.07) is 13.7. The van der Waals surface area contributed by atoms with Crippen LogP contribution in [0.1, 0.15) is 0 Å². The van der Waals surface area contributed by atoms with Gasteiger partial charge in [0, 0.05) is 7.05 Å². The Morgan fingerprint density at radius 2 is 1.94 bits per heavy atom. The third-order valence-electron chi connectivity index (χ3n) is 2.48. The van der Waals surface area contributed by atoms with E-state index in [0.717, 1.165) is 15.8 Å². The summed E-state index contributed by atoms with van der Waals surface area (Å²) in [5.41, 5.74) is 0. The second-order valence-electron chi connectivity index (χ2n) is 3.80. The van der Waals surface area contributed by atoms with Gasteiger partial charge in [0.05, 0.1) is 0 Å². The van der Waals surface area contributed by atoms with Gasteiger partial charge in [-0.15, -0.1) is 0 Å². The molecule has 0 atom stereocenters. The fraction of sp³-hybridized carbons (Fsp3) is 0.154. The van der Waals surface area contributed by atoms with Crippen molar-refractivity contribution in [2.24, 2.45) is 5.84 Å². The molecule has 2 rings (SSSR count). The fourth-order valence-corrected chi connectivity index (χ4v) is 1.50. The summed E-state index contributed by atoms with van der Waals surface area (Å²) < 4.78 is 5.37. The molecule has 0 saturated heterocycles. The van der Waals surface area contributed by atoms with E-state index in [9.17, 15) is 4.79 Å². The predicted octanol–water partition coefficient (Wildman–Crippen LogP) is 1.55. The molecule has 0 heterocycles. The Balaban J connectivity index is 2.12. The topological polar surface area (TPSA) is 55.6 Å². The van der Waals surface area contributed by atoms with Crippen molar-refractivity contribution in [3.05, 3.63) is 42.5 Å². The molecule has 0 aliphatic rings. The number of carbonyl (C=O) groups excluding carboxylic acids is 1. The number of hydrazine groups is 1. The van der Waals surface area contributed by atoms with Crippen LogP contribution in [0, 0.1) is 0 Å². The third kappa shape index (κ3) is 2.73. The fourth-order valence-electron chi connectivity index (χ4n) is 1.50. The van der Waals surface area contributed by atoms with Gasteiger partial charge in [0.1, 0.15) is 5.75 Å². The molecule has 4 heteroatoms. The van der Waals surface area contributed by atoms with Gasteiger partial charge >= 0.3 is 0 Å². The highest BCUT2D eigenvalue weighted by Gasteiger charge is 2.05. The molecular formula is C13H14N2O2. The number of benzene rings is 2. The number of likely N-dealkylation sites (N-methyl/N-ethyl adjacent to an activating group) is 1. The Kier molecular flexibility index (Phi) is 3.25. The second-order valence-corrected chi connectivity index (χ2v) is 3.80. The molecule has 0 unspecified atom stereocenters. The molecule has 0 radical (unpaired) electrons. The standard InChI is InChI=1S/C13H14N2O2/c1-15(14)13(16)9-17-12-7-6-10-4-2-3-5-11(10)8-12/h2-8H,9,14H2,1H3. The van der Waals surface area contributed by atoms with E-state index in [0.29, 0.717) is 5.75 Å². The van der Waals surface area contributed by atoms with Gasteiger partial charge in [-0.2, -0.15) is 0 Å². The van der Waals surface area contributed by atoms with Gasteiger partial charge < -0.3 is 4.74 Å². The summed E-state index contributed by atoms with van der Waals surface area (Å²) in [5, 5.41) is 3.24. The lowest BCUT2D eigenvalue weighted by atomic mass is 10.1. The zero-order valence-corrected chi connectivity index (χ0v) is 9.59. The maximum atomic E-state index is 11.3. The molecule has 0 spiro atoms. The van der Waals surface area contributed by atoms with Crippen molar-refractivity contribution in [2.75, 3.05) is 13.7 Å². The highest BCUT2D eigenvalue weighted by molar-refractivity contribution is 5.84. The van der Waals surface area contributed by atoms with Gasteiger partial charge in [-0.1, -0.05) is 30.3 Å². The first-order valence-corrected chi connectivity index (χ1v) is 5.29. The van der Waals surface area contributed by atoms with Crippen LogP contribution in [-0.4, -0.2) is 24.6 Å². The van der Waals surface area contributed by atoms with Crippen molar-refractivity contribution in [1.29, 1.82) is 0 Å². The lowest BCUT2D eigenvalue weighted by Gasteiger charge is -2.11. The molecule has 4 nitrogen and oxygen atoms in total. The quantitative estimate of drug-likeness (QED) is 0.494. The molecule has 17 heavy (non-hydrogen) atoms. The molecule has 2 aromatic rings. The number of amides is 1. The molecule has 1 amide bonds. The average Bonchev–Trinajstić information content (AvgIpc) is 2.35. The Bertz CT molecular complexity index is 538. The minimum absolute atomic E-state index is 0.0503. The molecule has 2 aromatic carbocycles. The lowest BCUT2D eigenvalue weighted by molar-refractivity contribution is -0.132. The van der Waals surface area contributed by atoms with E-state index in [-0.39, 0.29) is 12.5 Å². The van der Waals surface area contributed by atoms with Crippen molar-refractivity contribution < 1.29 is 9.53 Å². The molecule has 0 aliphatic heterocycles. The van der Waals surface area contributed by atoms with Crippen LogP contribution in [0.25, 0.3) is 10.8 Å². The maximum absolute atomic E-state index is 11.3. The van der Waals surface area contributed by atoms with Crippen LogP contribution in [0.15, 0.2) is 42.5 Å². The van der Waals surface area contributed by atoms with Gasteiger partial charge in [-0.05, 0) is 22.9 Å². The number of hydrogen-bond donors (Lipinski definition) is 1. The predicted molar refractivity (Wildman–Crippen MR) is 66.4 cm³/mol. The van der Waals surface area contributed by atoms with E-state index in [1.165, 1.54) is 7.05 Å². The Labute approximate surface area is 99.6 Å². The number of nitrogens with two attached hydrogens (primary N) is 1. The monoisotopic (exact) mass is 230 g/mol. The number of fused-ring (bicyclic) bond motifs is 1. The number of ether oxygens (including phenoxy) is 1. The number of nitrogens with zero attached hydrogens (tertiary/aromatic N) is 1. The van der Waals surface area contributed by atoms with Gasteiger partial charge in [-0.25, -0.2) is 5.84 Å². The minimum atomic E-state index is -0.266. The van der Waals surface area contributed by atoms with Gasteiger partial charge in [0.15, 0.2) is 6.61 Å². The molecule has 2 N–H and O–H groups in total. The highest BCUT2D eigenvalue weighted by atomic mass is 16.5. The molecule has 88 valence electrons. The van der Waals surface area contributed by atoms with Crippen LogP contribution in [0.4, 0.5) is 0 Å². The van der Waals surface area contributed by atoms with Gasteiger partial charge in [0.2, 0.25) is 0 Å². The highest BCUT2D eigenvalue weighted by Crippen LogP contribution is 2.20.